The van der Waals surface area contributed by atoms with Gasteiger partial charge in [-0.05, 0) is 45.1 Å². The standard InChI is InChI=1S/C28H42O8/c1-16-14-23(33-18(3)29)25-22(27(7,8)36-21(6)32)11-13-28(25,9)12-10-17(2)26(35-20(5)31)24(15-16)34-19(4)30/h10,12,15,17,22-26H,11,13-14H2,1-9H3. The van der Waals surface area contributed by atoms with E-state index in [4.69, 9.17) is 18.9 Å². The third-order valence-electron chi connectivity index (χ3n) is 7.41. The molecule has 0 aromatic carbocycles. The van der Waals surface area contributed by atoms with Crippen molar-refractivity contribution in [3.8, 4) is 0 Å². The van der Waals surface area contributed by atoms with Crippen LogP contribution < -0.4 is 0 Å². The lowest BCUT2D eigenvalue weighted by atomic mass is 9.68. The Kier molecular flexibility index (Phi) is 9.54. The van der Waals surface area contributed by atoms with Gasteiger partial charge in [-0.1, -0.05) is 31.6 Å². The quantitative estimate of drug-likeness (QED) is 0.300. The Balaban J connectivity index is 2.67. The van der Waals surface area contributed by atoms with E-state index in [0.717, 1.165) is 18.4 Å². The molecule has 0 heterocycles. The fourth-order valence-electron chi connectivity index (χ4n) is 6.03. The summed E-state index contributed by atoms with van der Waals surface area (Å²) >= 11 is 0. The number of allylic oxidation sites excluding steroid dienone is 1. The van der Waals surface area contributed by atoms with Gasteiger partial charge in [0.05, 0.1) is 0 Å². The lowest BCUT2D eigenvalue weighted by molar-refractivity contribution is -0.168. The van der Waals surface area contributed by atoms with E-state index < -0.39 is 47.2 Å². The smallest absolute Gasteiger partial charge is 0.303 e. The van der Waals surface area contributed by atoms with Crippen LogP contribution in [0.3, 0.4) is 0 Å². The van der Waals surface area contributed by atoms with Gasteiger partial charge in [-0.2, -0.15) is 0 Å². The summed E-state index contributed by atoms with van der Waals surface area (Å²) in [6, 6.07) is 0. The molecule has 8 nitrogen and oxygen atoms in total. The zero-order chi connectivity index (χ0) is 27.4. The van der Waals surface area contributed by atoms with Gasteiger partial charge in [0.25, 0.3) is 0 Å². The van der Waals surface area contributed by atoms with Crippen LogP contribution in [-0.2, 0) is 38.1 Å². The summed E-state index contributed by atoms with van der Waals surface area (Å²) < 4.78 is 22.9. The molecule has 2 aliphatic carbocycles. The van der Waals surface area contributed by atoms with Crippen molar-refractivity contribution < 1.29 is 38.1 Å². The Morgan fingerprint density at radius 2 is 1.53 bits per heavy atom. The molecule has 0 N–H and O–H groups in total. The SMILES string of the molecule is CC(=O)OC1C=C(C)CC(OC(C)=O)C2C(C(C)(C)OC(C)=O)CCC2(C)C=CC(C)C1OC(C)=O. The van der Waals surface area contributed by atoms with Crippen LogP contribution >= 0.6 is 0 Å². The van der Waals surface area contributed by atoms with Gasteiger partial charge in [0.1, 0.15) is 17.8 Å². The highest BCUT2D eigenvalue weighted by molar-refractivity contribution is 5.68. The molecule has 7 atom stereocenters. The predicted molar refractivity (Wildman–Crippen MR) is 134 cm³/mol. The molecule has 1 saturated carbocycles. The Morgan fingerprint density at radius 3 is 2.06 bits per heavy atom. The van der Waals surface area contributed by atoms with Crippen molar-refractivity contribution in [3.05, 3.63) is 23.8 Å². The van der Waals surface area contributed by atoms with E-state index in [1.54, 1.807) is 6.08 Å². The number of esters is 4. The number of fused-ring (bicyclic) bond motifs is 1. The zero-order valence-electron chi connectivity index (χ0n) is 23.1. The summed E-state index contributed by atoms with van der Waals surface area (Å²) in [5, 5.41) is 0. The monoisotopic (exact) mass is 506 g/mol. The number of hydrogen-bond acceptors (Lipinski definition) is 8. The Bertz CT molecular complexity index is 917. The first kappa shape index (κ1) is 29.6. The van der Waals surface area contributed by atoms with Crippen LogP contribution in [0.4, 0.5) is 0 Å². The maximum atomic E-state index is 12.2. The van der Waals surface area contributed by atoms with Crippen LogP contribution in [0.2, 0.25) is 0 Å². The first-order valence-corrected chi connectivity index (χ1v) is 12.6. The average Bonchev–Trinajstić information content (AvgIpc) is 3.05. The van der Waals surface area contributed by atoms with E-state index in [1.165, 1.54) is 27.7 Å². The molecule has 0 aromatic heterocycles. The van der Waals surface area contributed by atoms with Crippen molar-refractivity contribution in [2.24, 2.45) is 23.2 Å². The van der Waals surface area contributed by atoms with Crippen LogP contribution in [0.15, 0.2) is 23.8 Å². The average molecular weight is 507 g/mol. The Hall–Kier alpha value is -2.64. The molecule has 0 radical (unpaired) electrons. The third kappa shape index (κ3) is 7.43. The predicted octanol–water partition coefficient (Wildman–Crippen LogP) is 4.70. The molecule has 8 heteroatoms. The van der Waals surface area contributed by atoms with Crippen molar-refractivity contribution in [3.63, 3.8) is 0 Å². The lowest BCUT2D eigenvalue weighted by Gasteiger charge is -2.42. The Labute approximate surface area is 214 Å². The fourth-order valence-corrected chi connectivity index (χ4v) is 6.03. The molecule has 0 amide bonds. The molecule has 0 spiro atoms. The highest BCUT2D eigenvalue weighted by Gasteiger charge is 2.54. The van der Waals surface area contributed by atoms with Gasteiger partial charge in [0, 0.05) is 51.9 Å². The number of rotatable bonds is 5. The molecule has 1 fully saturated rings. The normalized spacial score (nSPS) is 32.9. The van der Waals surface area contributed by atoms with E-state index >= 15 is 0 Å². The summed E-state index contributed by atoms with van der Waals surface area (Å²) in [5.41, 5.74) is -0.333. The molecule has 0 aliphatic heterocycles. The van der Waals surface area contributed by atoms with Gasteiger partial charge in [-0.15, -0.1) is 0 Å². The summed E-state index contributed by atoms with van der Waals surface area (Å²) in [5.74, 6) is -2.21. The number of hydrogen-bond donors (Lipinski definition) is 0. The summed E-state index contributed by atoms with van der Waals surface area (Å²) in [4.78, 5) is 48.0. The number of ether oxygens (including phenoxy) is 4. The molecule has 0 bridgehead atoms. The molecule has 36 heavy (non-hydrogen) atoms. The molecular formula is C28H42O8. The van der Waals surface area contributed by atoms with Gasteiger partial charge < -0.3 is 18.9 Å². The second kappa shape index (κ2) is 11.6. The van der Waals surface area contributed by atoms with E-state index in [9.17, 15) is 19.2 Å². The minimum Gasteiger partial charge on any atom is -0.462 e. The van der Waals surface area contributed by atoms with E-state index in [-0.39, 0.29) is 23.7 Å². The van der Waals surface area contributed by atoms with Crippen LogP contribution in [0.25, 0.3) is 0 Å². The minimum absolute atomic E-state index is 0.0715. The summed E-state index contributed by atoms with van der Waals surface area (Å²) in [6.07, 6.45) is 5.80. The zero-order valence-corrected chi connectivity index (χ0v) is 23.1. The summed E-state index contributed by atoms with van der Waals surface area (Å²) in [6.45, 7) is 15.2. The van der Waals surface area contributed by atoms with Crippen molar-refractivity contribution in [2.45, 2.75) is 105 Å². The van der Waals surface area contributed by atoms with Gasteiger partial charge in [0.2, 0.25) is 0 Å². The lowest BCUT2D eigenvalue weighted by Crippen LogP contribution is -2.46. The topological polar surface area (TPSA) is 105 Å². The van der Waals surface area contributed by atoms with Crippen molar-refractivity contribution in [1.82, 2.24) is 0 Å². The second-order valence-electron chi connectivity index (χ2n) is 11.1. The highest BCUT2D eigenvalue weighted by atomic mass is 16.6. The fraction of sp³-hybridized carbons (Fsp3) is 0.714. The number of carbonyl (C=O) groups is 4. The minimum atomic E-state index is -0.803. The number of carbonyl (C=O) groups excluding carboxylic acids is 4. The van der Waals surface area contributed by atoms with Crippen molar-refractivity contribution in [2.75, 3.05) is 0 Å². The summed E-state index contributed by atoms with van der Waals surface area (Å²) in [7, 11) is 0. The molecule has 202 valence electrons. The van der Waals surface area contributed by atoms with E-state index in [0.29, 0.717) is 6.42 Å². The maximum absolute atomic E-state index is 12.2. The highest BCUT2D eigenvalue weighted by Crippen LogP contribution is 2.55. The molecule has 7 unspecified atom stereocenters. The molecule has 2 aliphatic rings. The molecule has 0 saturated heterocycles. The van der Waals surface area contributed by atoms with Gasteiger partial charge >= 0.3 is 23.9 Å². The van der Waals surface area contributed by atoms with Crippen molar-refractivity contribution >= 4 is 23.9 Å². The Morgan fingerprint density at radius 1 is 0.944 bits per heavy atom. The van der Waals surface area contributed by atoms with Crippen LogP contribution in [-0.4, -0.2) is 47.8 Å². The third-order valence-corrected chi connectivity index (χ3v) is 7.41. The first-order valence-electron chi connectivity index (χ1n) is 12.6. The van der Waals surface area contributed by atoms with Crippen LogP contribution in [0, 0.1) is 23.2 Å². The van der Waals surface area contributed by atoms with Crippen LogP contribution in [0.5, 0.6) is 0 Å². The first-order chi connectivity index (χ1) is 16.6. The van der Waals surface area contributed by atoms with Gasteiger partial charge in [-0.3, -0.25) is 19.2 Å². The second-order valence-corrected chi connectivity index (χ2v) is 11.1. The van der Waals surface area contributed by atoms with Gasteiger partial charge in [0.15, 0.2) is 6.10 Å². The van der Waals surface area contributed by atoms with E-state index in [2.05, 4.69) is 13.0 Å². The van der Waals surface area contributed by atoms with Crippen molar-refractivity contribution in [1.29, 1.82) is 0 Å². The van der Waals surface area contributed by atoms with Crippen LogP contribution in [0.1, 0.15) is 81.6 Å². The molecule has 2 rings (SSSR count). The van der Waals surface area contributed by atoms with Gasteiger partial charge in [-0.25, -0.2) is 0 Å². The molecule has 0 aromatic rings. The largest absolute Gasteiger partial charge is 0.462 e. The maximum Gasteiger partial charge on any atom is 0.303 e. The molecular weight excluding hydrogens is 464 g/mol. The van der Waals surface area contributed by atoms with E-state index in [1.807, 2.05) is 33.8 Å².